The second-order valence-electron chi connectivity index (χ2n) is 6.39. The van der Waals surface area contributed by atoms with Gasteiger partial charge in [0.15, 0.2) is 16.6 Å². The van der Waals surface area contributed by atoms with E-state index in [4.69, 9.17) is 11.6 Å². The number of anilines is 1. The van der Waals surface area contributed by atoms with Crippen LogP contribution < -0.4 is 4.90 Å². The first-order valence-electron chi connectivity index (χ1n) is 9.25. The molecule has 1 amide bonds. The number of hydrogen-bond donors (Lipinski definition) is 0. The molecule has 0 saturated carbocycles. The van der Waals surface area contributed by atoms with Crippen LogP contribution in [0, 0.1) is 5.82 Å². The van der Waals surface area contributed by atoms with Crippen LogP contribution in [0.2, 0.25) is 5.15 Å². The Morgan fingerprint density at radius 1 is 1.41 bits per heavy atom. The van der Waals surface area contributed by atoms with Crippen molar-refractivity contribution in [3.05, 3.63) is 35.6 Å². The Morgan fingerprint density at radius 3 is 2.72 bits per heavy atom. The predicted molar refractivity (Wildman–Crippen MR) is 112 cm³/mol. The number of carbonyl (C=O) groups is 1. The smallest absolute Gasteiger partial charge is 0.389 e. The van der Waals surface area contributed by atoms with Gasteiger partial charge in [-0.1, -0.05) is 16.8 Å². The number of halogens is 5. The highest BCUT2D eigenvalue weighted by Crippen LogP contribution is 2.27. The Kier molecular flexibility index (Phi) is 9.28. The van der Waals surface area contributed by atoms with Gasteiger partial charge in [-0.05, 0) is 18.1 Å². The number of pyridine rings is 1. The van der Waals surface area contributed by atoms with Gasteiger partial charge in [0, 0.05) is 25.5 Å². The zero-order chi connectivity index (χ0) is 23.9. The first kappa shape index (κ1) is 25.9. The fraction of sp³-hybridized carbons (Fsp3) is 0.444. The molecule has 0 aromatic carbocycles. The lowest BCUT2D eigenvalue weighted by molar-refractivity contribution is -0.134. The van der Waals surface area contributed by atoms with Crippen LogP contribution in [0.4, 0.5) is 23.2 Å². The molecule has 32 heavy (non-hydrogen) atoms. The van der Waals surface area contributed by atoms with E-state index in [1.54, 1.807) is 6.92 Å². The standard InChI is InChI=1S/C18H20ClF4N5O3S/c1-3-27(15-10-28(25-16(15)19)13-7-12(20)8-24-9-13)17(29)14(26-31-2)11-32(30)6-4-5-18(21,22)23/h7-10H,3-6,11H2,1-2H3. The van der Waals surface area contributed by atoms with Crippen molar-refractivity contribution in [2.75, 3.05) is 30.1 Å². The molecule has 176 valence electrons. The van der Waals surface area contributed by atoms with E-state index < -0.39 is 41.3 Å². The quantitative estimate of drug-likeness (QED) is 0.217. The summed E-state index contributed by atoms with van der Waals surface area (Å²) in [7, 11) is 1.18. The molecule has 0 aliphatic heterocycles. The topological polar surface area (TPSA) is 95.7 Å². The molecule has 2 aromatic heterocycles. The molecule has 0 spiro atoms. The average molecular weight is 498 g/mol. The number of amides is 1. The van der Waals surface area contributed by atoms with Crippen molar-refractivity contribution >= 4 is 40.1 Å². The molecular weight excluding hydrogens is 478 g/mol. The lowest BCUT2D eigenvalue weighted by Gasteiger charge is -2.20. The Bertz CT molecular complexity index is 957. The van der Waals surface area contributed by atoms with Crippen LogP contribution in [-0.2, 0) is 20.8 Å². The zero-order valence-corrected chi connectivity index (χ0v) is 18.7. The molecule has 2 heterocycles. The third-order valence-corrected chi connectivity index (χ3v) is 5.65. The minimum atomic E-state index is -4.35. The maximum atomic E-state index is 13.5. The summed E-state index contributed by atoms with van der Waals surface area (Å²) in [5.74, 6) is -1.97. The second kappa shape index (κ2) is 11.5. The summed E-state index contributed by atoms with van der Waals surface area (Å²) in [5.41, 5.74) is 0.171. The molecule has 0 fully saturated rings. The summed E-state index contributed by atoms with van der Waals surface area (Å²) >= 11 is 4.40. The second-order valence-corrected chi connectivity index (χ2v) is 8.32. The van der Waals surface area contributed by atoms with Gasteiger partial charge >= 0.3 is 6.18 Å². The highest BCUT2D eigenvalue weighted by Gasteiger charge is 2.30. The summed E-state index contributed by atoms with van der Waals surface area (Å²) in [5, 5.41) is 7.57. The fourth-order valence-corrected chi connectivity index (χ4v) is 3.98. The van der Waals surface area contributed by atoms with Gasteiger partial charge in [-0.25, -0.2) is 9.07 Å². The lowest BCUT2D eigenvalue weighted by atomic mass is 10.3. The number of carbonyl (C=O) groups excluding carboxylic acids is 1. The van der Waals surface area contributed by atoms with E-state index in [1.165, 1.54) is 35.2 Å². The number of aromatic nitrogens is 3. The van der Waals surface area contributed by atoms with Crippen molar-refractivity contribution in [1.29, 1.82) is 0 Å². The molecule has 8 nitrogen and oxygen atoms in total. The summed E-state index contributed by atoms with van der Waals surface area (Å²) in [4.78, 5) is 22.6. The van der Waals surface area contributed by atoms with E-state index in [1.807, 2.05) is 0 Å². The molecule has 0 aliphatic carbocycles. The molecule has 0 saturated heterocycles. The number of nitrogens with zero attached hydrogens (tertiary/aromatic N) is 5. The Labute approximate surface area is 189 Å². The molecule has 2 aromatic rings. The molecule has 0 bridgehead atoms. The van der Waals surface area contributed by atoms with Crippen LogP contribution in [0.25, 0.3) is 5.69 Å². The minimum absolute atomic E-state index is 0.0764. The summed E-state index contributed by atoms with van der Waals surface area (Å²) in [6.45, 7) is 1.75. The number of alkyl halides is 3. The van der Waals surface area contributed by atoms with Crippen molar-refractivity contribution in [1.82, 2.24) is 14.8 Å². The summed E-state index contributed by atoms with van der Waals surface area (Å²) < 4.78 is 63.8. The van der Waals surface area contributed by atoms with Gasteiger partial charge in [-0.15, -0.1) is 0 Å². The first-order valence-corrected chi connectivity index (χ1v) is 11.1. The van der Waals surface area contributed by atoms with Crippen molar-refractivity contribution < 1.29 is 31.7 Å². The van der Waals surface area contributed by atoms with E-state index in [9.17, 15) is 26.9 Å². The minimum Gasteiger partial charge on any atom is -0.616 e. The van der Waals surface area contributed by atoms with Crippen LogP contribution in [0.15, 0.2) is 29.8 Å². The average Bonchev–Trinajstić information content (AvgIpc) is 3.08. The van der Waals surface area contributed by atoms with Crippen LogP contribution >= 0.6 is 11.6 Å². The van der Waals surface area contributed by atoms with E-state index >= 15 is 0 Å². The maximum Gasteiger partial charge on any atom is 0.389 e. The normalized spacial score (nSPS) is 13.2. The van der Waals surface area contributed by atoms with E-state index in [0.717, 1.165) is 6.20 Å². The highest BCUT2D eigenvalue weighted by molar-refractivity contribution is 7.92. The molecule has 0 aliphatic rings. The van der Waals surface area contributed by atoms with Gasteiger partial charge in [-0.2, -0.15) is 18.3 Å². The molecule has 1 atom stereocenters. The third-order valence-electron chi connectivity index (χ3n) is 4.04. The largest absolute Gasteiger partial charge is 0.616 e. The molecular formula is C18H20ClF4N5O3S. The fourth-order valence-electron chi connectivity index (χ4n) is 2.66. The van der Waals surface area contributed by atoms with Gasteiger partial charge in [-0.3, -0.25) is 9.78 Å². The Balaban J connectivity index is 2.19. The number of rotatable bonds is 10. The monoisotopic (exact) mass is 497 g/mol. The summed E-state index contributed by atoms with van der Waals surface area (Å²) in [6.07, 6.45) is -2.03. The molecule has 0 radical (unpaired) electrons. The van der Waals surface area contributed by atoms with Crippen LogP contribution in [0.5, 0.6) is 0 Å². The van der Waals surface area contributed by atoms with Gasteiger partial charge in [0.2, 0.25) is 0 Å². The van der Waals surface area contributed by atoms with Crippen LogP contribution in [0.3, 0.4) is 0 Å². The lowest BCUT2D eigenvalue weighted by Crippen LogP contribution is -2.40. The highest BCUT2D eigenvalue weighted by atomic mass is 35.5. The SMILES string of the molecule is CCN(C(=O)C(C[S+]([O-])CCCC(F)(F)F)=NOC)c1cn(-c2cncc(F)c2)nc1Cl. The van der Waals surface area contributed by atoms with Crippen LogP contribution in [-0.4, -0.2) is 62.3 Å². The zero-order valence-electron chi connectivity index (χ0n) is 17.1. The van der Waals surface area contributed by atoms with Crippen molar-refractivity contribution in [2.45, 2.75) is 25.9 Å². The molecule has 1 unspecified atom stereocenters. The molecule has 2 rings (SSSR count). The Hall–Kier alpha value is -2.38. The van der Waals surface area contributed by atoms with E-state index in [2.05, 4.69) is 20.1 Å². The first-order chi connectivity index (χ1) is 15.1. The van der Waals surface area contributed by atoms with Crippen LogP contribution in [0.1, 0.15) is 19.8 Å². The molecule has 0 N–H and O–H groups in total. The number of oxime groups is 1. The van der Waals surface area contributed by atoms with E-state index in [-0.39, 0.29) is 41.0 Å². The van der Waals surface area contributed by atoms with Crippen molar-refractivity contribution in [3.8, 4) is 5.69 Å². The number of hydrogen-bond acceptors (Lipinski definition) is 6. The van der Waals surface area contributed by atoms with Gasteiger partial charge < -0.3 is 14.3 Å². The maximum absolute atomic E-state index is 13.5. The van der Waals surface area contributed by atoms with Gasteiger partial charge in [0.05, 0.1) is 24.3 Å². The van der Waals surface area contributed by atoms with Gasteiger partial charge in [0.25, 0.3) is 5.91 Å². The molecule has 14 heteroatoms. The predicted octanol–water partition coefficient (Wildman–Crippen LogP) is 3.51. The van der Waals surface area contributed by atoms with E-state index in [0.29, 0.717) is 0 Å². The van der Waals surface area contributed by atoms with Gasteiger partial charge in [0.1, 0.15) is 24.4 Å². The third kappa shape index (κ3) is 7.35. The van der Waals surface area contributed by atoms with Crippen molar-refractivity contribution in [3.63, 3.8) is 0 Å². The Morgan fingerprint density at radius 2 is 2.12 bits per heavy atom. The van der Waals surface area contributed by atoms with Crippen molar-refractivity contribution in [2.24, 2.45) is 5.16 Å². The summed E-state index contributed by atoms with van der Waals surface area (Å²) in [6, 6.07) is 1.17.